The maximum absolute atomic E-state index is 3.26. The molecule has 2 heteroatoms. The van der Waals surface area contributed by atoms with Gasteiger partial charge < -0.3 is 10.2 Å². The van der Waals surface area contributed by atoms with Gasteiger partial charge in [-0.2, -0.15) is 0 Å². The fraction of sp³-hybridized carbons (Fsp3) is 1.00. The molecule has 0 fully saturated rings. The third-order valence-corrected chi connectivity index (χ3v) is 2.78. The largest absolute Gasteiger partial charge is 0.319 e. The number of rotatable bonds is 9. The van der Waals surface area contributed by atoms with E-state index in [9.17, 15) is 0 Å². The van der Waals surface area contributed by atoms with E-state index >= 15 is 0 Å². The first-order valence-corrected chi connectivity index (χ1v) is 6.07. The van der Waals surface area contributed by atoms with Crippen LogP contribution in [-0.2, 0) is 0 Å². The Bertz CT molecular complexity index is 115. The highest BCUT2D eigenvalue weighted by Crippen LogP contribution is 2.04. The topological polar surface area (TPSA) is 15.3 Å². The van der Waals surface area contributed by atoms with Crippen LogP contribution < -0.4 is 5.32 Å². The van der Waals surface area contributed by atoms with Crippen LogP contribution in [0.25, 0.3) is 0 Å². The summed E-state index contributed by atoms with van der Waals surface area (Å²) in [4.78, 5) is 2.47. The highest BCUT2D eigenvalue weighted by Gasteiger charge is 2.07. The Morgan fingerprint density at radius 2 is 1.93 bits per heavy atom. The Labute approximate surface area is 90.1 Å². The Balaban J connectivity index is 3.51. The molecular formula is C12H28N2. The van der Waals surface area contributed by atoms with E-state index in [1.165, 1.54) is 38.8 Å². The molecule has 0 saturated heterocycles. The van der Waals surface area contributed by atoms with Crippen molar-refractivity contribution in [1.29, 1.82) is 0 Å². The van der Waals surface area contributed by atoms with Gasteiger partial charge in [0.1, 0.15) is 0 Å². The smallest absolute Gasteiger partial charge is 0.00186 e. The average Bonchev–Trinajstić information content (AvgIpc) is 2.17. The van der Waals surface area contributed by atoms with Crippen LogP contribution in [0.2, 0.25) is 0 Å². The van der Waals surface area contributed by atoms with Crippen molar-refractivity contribution in [3.63, 3.8) is 0 Å². The van der Waals surface area contributed by atoms with Gasteiger partial charge in [-0.1, -0.05) is 33.1 Å². The van der Waals surface area contributed by atoms with E-state index in [2.05, 4.69) is 31.1 Å². The first-order chi connectivity index (χ1) is 6.74. The second-order valence-electron chi connectivity index (χ2n) is 4.30. The van der Waals surface area contributed by atoms with Crippen molar-refractivity contribution in [3.8, 4) is 0 Å². The standard InChI is InChI=1S/C12H28N2/c1-5-7-8-9-14(4)11-12(6-2)10-13-3/h12-13H,5-11H2,1-4H3. The van der Waals surface area contributed by atoms with Crippen molar-refractivity contribution in [3.05, 3.63) is 0 Å². The minimum Gasteiger partial charge on any atom is -0.319 e. The van der Waals surface area contributed by atoms with Crippen LogP contribution in [0.15, 0.2) is 0 Å². The maximum atomic E-state index is 3.26. The highest BCUT2D eigenvalue weighted by molar-refractivity contribution is 4.64. The molecule has 86 valence electrons. The SMILES string of the molecule is CCCCCN(C)CC(CC)CNC. The molecule has 0 radical (unpaired) electrons. The third kappa shape index (κ3) is 7.34. The van der Waals surface area contributed by atoms with Crippen molar-refractivity contribution in [2.45, 2.75) is 39.5 Å². The number of nitrogens with zero attached hydrogens (tertiary/aromatic N) is 1. The molecule has 0 heterocycles. The summed E-state index contributed by atoms with van der Waals surface area (Å²) in [5, 5.41) is 3.26. The molecule has 0 amide bonds. The molecule has 0 aliphatic heterocycles. The Kier molecular flexibility index (Phi) is 9.42. The van der Waals surface area contributed by atoms with Gasteiger partial charge in [0, 0.05) is 6.54 Å². The summed E-state index contributed by atoms with van der Waals surface area (Å²) in [6.45, 7) is 8.18. The molecule has 2 nitrogen and oxygen atoms in total. The fourth-order valence-corrected chi connectivity index (χ4v) is 1.79. The van der Waals surface area contributed by atoms with E-state index in [1.54, 1.807) is 0 Å². The quantitative estimate of drug-likeness (QED) is 0.575. The van der Waals surface area contributed by atoms with Crippen LogP contribution in [0.4, 0.5) is 0 Å². The lowest BCUT2D eigenvalue weighted by Crippen LogP contribution is -2.31. The summed E-state index contributed by atoms with van der Waals surface area (Å²) in [6.07, 6.45) is 5.32. The average molecular weight is 200 g/mol. The molecule has 1 unspecified atom stereocenters. The molecule has 0 aromatic heterocycles. The number of hydrogen-bond acceptors (Lipinski definition) is 2. The highest BCUT2D eigenvalue weighted by atomic mass is 15.1. The predicted molar refractivity (Wildman–Crippen MR) is 64.7 cm³/mol. The van der Waals surface area contributed by atoms with E-state index in [-0.39, 0.29) is 0 Å². The van der Waals surface area contributed by atoms with E-state index in [4.69, 9.17) is 0 Å². The van der Waals surface area contributed by atoms with Gasteiger partial charge in [0.25, 0.3) is 0 Å². The molecule has 0 aliphatic carbocycles. The Morgan fingerprint density at radius 1 is 1.21 bits per heavy atom. The van der Waals surface area contributed by atoms with Gasteiger partial charge in [-0.3, -0.25) is 0 Å². The summed E-state index contributed by atoms with van der Waals surface area (Å²) in [6, 6.07) is 0. The van der Waals surface area contributed by atoms with E-state index < -0.39 is 0 Å². The fourth-order valence-electron chi connectivity index (χ4n) is 1.79. The minimum absolute atomic E-state index is 0.812. The molecule has 0 aromatic rings. The zero-order valence-electron chi connectivity index (χ0n) is 10.5. The molecule has 0 aliphatic rings. The van der Waals surface area contributed by atoms with Crippen LogP contribution >= 0.6 is 0 Å². The maximum Gasteiger partial charge on any atom is 0.00186 e. The van der Waals surface area contributed by atoms with Crippen molar-refractivity contribution in [2.24, 2.45) is 5.92 Å². The zero-order chi connectivity index (χ0) is 10.8. The molecule has 0 rings (SSSR count). The molecule has 0 aromatic carbocycles. The van der Waals surface area contributed by atoms with Gasteiger partial charge in [-0.15, -0.1) is 0 Å². The summed E-state index contributed by atoms with van der Waals surface area (Å²) < 4.78 is 0. The molecule has 1 atom stereocenters. The normalized spacial score (nSPS) is 13.5. The summed E-state index contributed by atoms with van der Waals surface area (Å²) in [5.41, 5.74) is 0. The van der Waals surface area contributed by atoms with E-state index in [0.717, 1.165) is 12.5 Å². The van der Waals surface area contributed by atoms with E-state index in [1.807, 2.05) is 7.05 Å². The van der Waals surface area contributed by atoms with Crippen molar-refractivity contribution >= 4 is 0 Å². The number of hydrogen-bond donors (Lipinski definition) is 1. The number of nitrogens with one attached hydrogen (secondary N) is 1. The molecule has 14 heavy (non-hydrogen) atoms. The molecule has 0 bridgehead atoms. The van der Waals surface area contributed by atoms with Crippen LogP contribution in [0.3, 0.4) is 0 Å². The Hall–Kier alpha value is -0.0800. The molecule has 1 N–H and O–H groups in total. The van der Waals surface area contributed by atoms with Gasteiger partial charge in [-0.05, 0) is 39.5 Å². The summed E-state index contributed by atoms with van der Waals surface area (Å²) in [5.74, 6) is 0.812. The van der Waals surface area contributed by atoms with Crippen LogP contribution in [0.5, 0.6) is 0 Å². The molecule has 0 saturated carbocycles. The van der Waals surface area contributed by atoms with Crippen molar-refractivity contribution in [1.82, 2.24) is 10.2 Å². The lowest BCUT2D eigenvalue weighted by atomic mass is 10.1. The van der Waals surface area contributed by atoms with Gasteiger partial charge in [-0.25, -0.2) is 0 Å². The third-order valence-electron chi connectivity index (χ3n) is 2.78. The number of unbranched alkanes of at least 4 members (excludes halogenated alkanes) is 2. The van der Waals surface area contributed by atoms with Gasteiger partial charge in [0.2, 0.25) is 0 Å². The van der Waals surface area contributed by atoms with Crippen LogP contribution in [0.1, 0.15) is 39.5 Å². The molecule has 0 spiro atoms. The minimum atomic E-state index is 0.812. The van der Waals surface area contributed by atoms with Gasteiger partial charge in [0.15, 0.2) is 0 Å². The van der Waals surface area contributed by atoms with Crippen LogP contribution in [-0.4, -0.2) is 38.6 Å². The predicted octanol–water partition coefficient (Wildman–Crippen LogP) is 2.35. The van der Waals surface area contributed by atoms with Crippen molar-refractivity contribution in [2.75, 3.05) is 33.7 Å². The monoisotopic (exact) mass is 200 g/mol. The van der Waals surface area contributed by atoms with Crippen molar-refractivity contribution < 1.29 is 0 Å². The molecular weight excluding hydrogens is 172 g/mol. The first-order valence-electron chi connectivity index (χ1n) is 6.07. The summed E-state index contributed by atoms with van der Waals surface area (Å²) in [7, 11) is 4.29. The van der Waals surface area contributed by atoms with Gasteiger partial charge >= 0.3 is 0 Å². The Morgan fingerprint density at radius 3 is 2.43 bits per heavy atom. The summed E-state index contributed by atoms with van der Waals surface area (Å²) >= 11 is 0. The zero-order valence-corrected chi connectivity index (χ0v) is 10.5. The first kappa shape index (κ1) is 13.9. The van der Waals surface area contributed by atoms with Crippen LogP contribution in [0, 0.1) is 5.92 Å². The van der Waals surface area contributed by atoms with Gasteiger partial charge in [0.05, 0.1) is 0 Å². The second-order valence-corrected chi connectivity index (χ2v) is 4.30. The lowest BCUT2D eigenvalue weighted by Gasteiger charge is -2.22. The second kappa shape index (κ2) is 9.47. The lowest BCUT2D eigenvalue weighted by molar-refractivity contribution is 0.264. The van der Waals surface area contributed by atoms with E-state index in [0.29, 0.717) is 0 Å².